The number of thioether (sulfide) groups is 1. The number of nitrogen functional groups attached to an aromatic ring is 1. The van der Waals surface area contributed by atoms with Crippen molar-refractivity contribution in [1.82, 2.24) is 4.98 Å². The van der Waals surface area contributed by atoms with E-state index in [0.29, 0.717) is 5.69 Å². The predicted molar refractivity (Wildman–Crippen MR) is 62.5 cm³/mol. The van der Waals surface area contributed by atoms with Crippen LogP contribution in [0.25, 0.3) is 0 Å². The van der Waals surface area contributed by atoms with Gasteiger partial charge in [0.25, 0.3) is 0 Å². The largest absolute Gasteiger partial charge is 0.398 e. The minimum Gasteiger partial charge on any atom is -0.398 e. The minimum atomic E-state index is -0.300. The summed E-state index contributed by atoms with van der Waals surface area (Å²) in [6.07, 6.45) is 0. The molecular formula is C10H9FN2S2. The molecule has 0 unspecified atom stereocenters. The third kappa shape index (κ3) is 2.70. The first-order valence-electron chi connectivity index (χ1n) is 4.30. The normalized spacial score (nSPS) is 10.5. The summed E-state index contributed by atoms with van der Waals surface area (Å²) in [7, 11) is 0. The average molecular weight is 240 g/mol. The van der Waals surface area contributed by atoms with Gasteiger partial charge in [-0.3, -0.25) is 0 Å². The molecule has 2 N–H and O–H groups in total. The second kappa shape index (κ2) is 4.63. The van der Waals surface area contributed by atoms with Crippen LogP contribution in [0.1, 0.15) is 5.69 Å². The molecule has 2 nitrogen and oxygen atoms in total. The second-order valence-electron chi connectivity index (χ2n) is 2.95. The van der Waals surface area contributed by atoms with Gasteiger partial charge < -0.3 is 5.73 Å². The van der Waals surface area contributed by atoms with Gasteiger partial charge in [0.05, 0.1) is 11.2 Å². The number of nitrogens with two attached hydrogens (primary N) is 1. The van der Waals surface area contributed by atoms with Crippen molar-refractivity contribution in [2.75, 3.05) is 5.73 Å². The summed E-state index contributed by atoms with van der Waals surface area (Å²) < 4.78 is 12.8. The highest BCUT2D eigenvalue weighted by Gasteiger charge is 2.02. The molecule has 0 aliphatic carbocycles. The van der Waals surface area contributed by atoms with Crippen LogP contribution in [0.5, 0.6) is 0 Å². The lowest BCUT2D eigenvalue weighted by molar-refractivity contribution is 0.627. The van der Waals surface area contributed by atoms with Gasteiger partial charge >= 0.3 is 0 Å². The molecule has 0 atom stereocenters. The van der Waals surface area contributed by atoms with E-state index in [1.807, 2.05) is 5.38 Å². The van der Waals surface area contributed by atoms with Gasteiger partial charge in [0.2, 0.25) is 0 Å². The van der Waals surface area contributed by atoms with Crippen LogP contribution >= 0.6 is 23.1 Å². The zero-order valence-corrected chi connectivity index (χ0v) is 9.45. The zero-order valence-electron chi connectivity index (χ0n) is 7.81. The maximum absolute atomic E-state index is 12.8. The third-order valence-corrected chi connectivity index (χ3v) is 3.59. The monoisotopic (exact) mass is 240 g/mol. The molecule has 0 saturated carbocycles. The molecule has 1 aromatic heterocycles. The fraction of sp³-hybridized carbons (Fsp3) is 0.100. The Hall–Kier alpha value is -1.07. The van der Waals surface area contributed by atoms with E-state index in [1.54, 1.807) is 34.7 Å². The van der Waals surface area contributed by atoms with Crippen LogP contribution in [0.4, 0.5) is 10.1 Å². The molecule has 1 heterocycles. The summed E-state index contributed by atoms with van der Waals surface area (Å²) in [5.41, 5.74) is 8.98. The molecule has 0 amide bonds. The summed E-state index contributed by atoms with van der Waals surface area (Å²) in [5.74, 6) is 0.463. The molecule has 0 fully saturated rings. The Morgan fingerprint density at radius 2 is 2.33 bits per heavy atom. The Morgan fingerprint density at radius 1 is 1.47 bits per heavy atom. The van der Waals surface area contributed by atoms with Gasteiger partial charge in [-0.15, -0.1) is 23.1 Å². The Morgan fingerprint density at radius 3 is 3.00 bits per heavy atom. The van der Waals surface area contributed by atoms with Crippen molar-refractivity contribution in [2.24, 2.45) is 0 Å². The number of hydrogen-bond donors (Lipinski definition) is 1. The standard InChI is InChI=1S/C10H9FN2S2/c11-7-1-2-10(9(12)3-7)15-5-8-4-14-6-13-8/h1-4,6H,5,12H2. The van der Waals surface area contributed by atoms with Crippen LogP contribution in [0, 0.1) is 5.82 Å². The molecular weight excluding hydrogens is 231 g/mol. The second-order valence-corrected chi connectivity index (χ2v) is 4.69. The highest BCUT2D eigenvalue weighted by atomic mass is 32.2. The average Bonchev–Trinajstić information content (AvgIpc) is 2.69. The number of rotatable bonds is 3. The Labute approximate surface area is 95.3 Å². The van der Waals surface area contributed by atoms with Gasteiger partial charge in [-0.25, -0.2) is 9.37 Å². The lowest BCUT2D eigenvalue weighted by Crippen LogP contribution is -1.90. The number of thiazole rings is 1. The fourth-order valence-electron chi connectivity index (χ4n) is 1.11. The molecule has 0 saturated heterocycles. The van der Waals surface area contributed by atoms with Gasteiger partial charge in [-0.05, 0) is 18.2 Å². The Balaban J connectivity index is 2.05. The highest BCUT2D eigenvalue weighted by molar-refractivity contribution is 7.98. The quantitative estimate of drug-likeness (QED) is 0.661. The topological polar surface area (TPSA) is 38.9 Å². The van der Waals surface area contributed by atoms with E-state index in [-0.39, 0.29) is 5.82 Å². The van der Waals surface area contributed by atoms with E-state index in [9.17, 15) is 4.39 Å². The van der Waals surface area contributed by atoms with E-state index < -0.39 is 0 Å². The number of hydrogen-bond acceptors (Lipinski definition) is 4. The van der Waals surface area contributed by atoms with E-state index in [4.69, 9.17) is 5.73 Å². The van der Waals surface area contributed by atoms with Crippen LogP contribution in [0.3, 0.4) is 0 Å². The highest BCUT2D eigenvalue weighted by Crippen LogP contribution is 2.28. The number of nitrogens with zero attached hydrogens (tertiary/aromatic N) is 1. The smallest absolute Gasteiger partial charge is 0.125 e. The molecule has 5 heteroatoms. The van der Waals surface area contributed by atoms with Crippen molar-refractivity contribution >= 4 is 28.8 Å². The van der Waals surface area contributed by atoms with E-state index in [1.165, 1.54) is 12.1 Å². The summed E-state index contributed by atoms with van der Waals surface area (Å²) in [6, 6.07) is 4.45. The third-order valence-electron chi connectivity index (χ3n) is 1.83. The first-order valence-corrected chi connectivity index (χ1v) is 6.23. The van der Waals surface area contributed by atoms with Crippen LogP contribution < -0.4 is 5.73 Å². The van der Waals surface area contributed by atoms with E-state index in [0.717, 1.165) is 16.3 Å². The molecule has 2 aromatic rings. The summed E-state index contributed by atoms with van der Waals surface area (Å²) in [4.78, 5) is 5.05. The molecule has 15 heavy (non-hydrogen) atoms. The van der Waals surface area contributed by atoms with Gasteiger partial charge in [0.1, 0.15) is 5.82 Å². The number of aromatic nitrogens is 1. The van der Waals surface area contributed by atoms with Crippen molar-refractivity contribution < 1.29 is 4.39 Å². The first kappa shape index (κ1) is 10.4. The molecule has 0 aliphatic rings. The predicted octanol–water partition coefficient (Wildman–Crippen LogP) is 3.16. The maximum atomic E-state index is 12.8. The molecule has 0 bridgehead atoms. The van der Waals surface area contributed by atoms with Gasteiger partial charge in [0.15, 0.2) is 0 Å². The van der Waals surface area contributed by atoms with Crippen molar-refractivity contribution in [3.05, 3.63) is 40.6 Å². The lowest BCUT2D eigenvalue weighted by atomic mass is 10.3. The molecule has 2 rings (SSSR count). The number of benzene rings is 1. The zero-order chi connectivity index (χ0) is 10.7. The lowest BCUT2D eigenvalue weighted by Gasteiger charge is -2.03. The van der Waals surface area contributed by atoms with Crippen LogP contribution in [-0.4, -0.2) is 4.98 Å². The van der Waals surface area contributed by atoms with Crippen LogP contribution in [-0.2, 0) is 5.75 Å². The molecule has 78 valence electrons. The summed E-state index contributed by atoms with van der Waals surface area (Å²) >= 11 is 3.13. The van der Waals surface area contributed by atoms with E-state index in [2.05, 4.69) is 4.98 Å². The van der Waals surface area contributed by atoms with Crippen LogP contribution in [0.15, 0.2) is 34.0 Å². The fourth-order valence-corrected chi connectivity index (χ4v) is 2.63. The Kier molecular flexibility index (Phi) is 3.23. The van der Waals surface area contributed by atoms with E-state index >= 15 is 0 Å². The molecule has 0 radical (unpaired) electrons. The Bertz CT molecular complexity index is 443. The van der Waals surface area contributed by atoms with Crippen molar-refractivity contribution in [2.45, 2.75) is 10.6 Å². The molecule has 0 spiro atoms. The van der Waals surface area contributed by atoms with Gasteiger partial charge in [-0.1, -0.05) is 0 Å². The number of anilines is 1. The SMILES string of the molecule is Nc1cc(F)ccc1SCc1cscn1. The van der Waals surface area contributed by atoms with Crippen molar-refractivity contribution in [3.8, 4) is 0 Å². The molecule has 0 aliphatic heterocycles. The van der Waals surface area contributed by atoms with Crippen LogP contribution in [0.2, 0.25) is 0 Å². The van der Waals surface area contributed by atoms with Gasteiger partial charge in [-0.2, -0.15) is 0 Å². The summed E-state index contributed by atoms with van der Waals surface area (Å²) in [6.45, 7) is 0. The molecule has 1 aromatic carbocycles. The van der Waals surface area contributed by atoms with Crippen molar-refractivity contribution in [3.63, 3.8) is 0 Å². The first-order chi connectivity index (χ1) is 7.25. The number of halogens is 1. The maximum Gasteiger partial charge on any atom is 0.125 e. The minimum absolute atomic E-state index is 0.300. The van der Waals surface area contributed by atoms with Gasteiger partial charge in [0, 0.05) is 21.7 Å². The summed E-state index contributed by atoms with van der Waals surface area (Å²) in [5, 5.41) is 1.99. The van der Waals surface area contributed by atoms with Crippen molar-refractivity contribution in [1.29, 1.82) is 0 Å².